The molecule has 0 nitrogen and oxygen atoms in total. The van der Waals surface area contributed by atoms with Crippen molar-refractivity contribution in [1.29, 1.82) is 0 Å². The van der Waals surface area contributed by atoms with Gasteiger partial charge in [0.2, 0.25) is 0 Å². The van der Waals surface area contributed by atoms with Gasteiger partial charge in [-0.3, -0.25) is 0 Å². The van der Waals surface area contributed by atoms with Gasteiger partial charge in [-0.2, -0.15) is 0 Å². The lowest BCUT2D eigenvalue weighted by molar-refractivity contribution is 0.559. The molecule has 0 amide bonds. The zero-order valence-electron chi connectivity index (χ0n) is 10.7. The zero-order valence-corrected chi connectivity index (χ0v) is 11.5. The molecule has 0 aromatic rings. The predicted octanol–water partition coefficient (Wildman–Crippen LogP) is 5.69. The Morgan fingerprint density at radius 1 is 0.733 bits per heavy atom. The molecule has 0 radical (unpaired) electrons. The highest BCUT2D eigenvalue weighted by molar-refractivity contribution is 7.80. The number of hydrogen-bond acceptors (Lipinski definition) is 1. The van der Waals surface area contributed by atoms with Crippen molar-refractivity contribution in [1.82, 2.24) is 0 Å². The van der Waals surface area contributed by atoms with E-state index in [-0.39, 0.29) is 0 Å². The summed E-state index contributed by atoms with van der Waals surface area (Å²) in [6.07, 6.45) is 15.3. The Bertz CT molecular complexity index is 140. The maximum atomic E-state index is 5.06. The van der Waals surface area contributed by atoms with Gasteiger partial charge in [0.25, 0.3) is 0 Å². The average Bonchev–Trinajstić information content (AvgIpc) is 2.20. The van der Waals surface area contributed by atoms with Crippen molar-refractivity contribution in [3.63, 3.8) is 0 Å². The molecule has 15 heavy (non-hydrogen) atoms. The van der Waals surface area contributed by atoms with Gasteiger partial charge in [0.05, 0.1) is 0 Å². The van der Waals surface area contributed by atoms with Crippen LogP contribution in [0.15, 0.2) is 0 Å². The Hall–Kier alpha value is 0.0900. The highest BCUT2D eigenvalue weighted by atomic mass is 32.1. The van der Waals surface area contributed by atoms with E-state index in [4.69, 9.17) is 12.2 Å². The van der Waals surface area contributed by atoms with Crippen molar-refractivity contribution in [2.24, 2.45) is 0 Å². The van der Waals surface area contributed by atoms with Crippen LogP contribution in [0.4, 0.5) is 0 Å². The maximum absolute atomic E-state index is 5.06. The summed E-state index contributed by atoms with van der Waals surface area (Å²) in [6, 6.07) is 0. The molecule has 0 heterocycles. The Labute approximate surface area is 102 Å². The molecule has 1 heteroatoms. The van der Waals surface area contributed by atoms with Crippen LogP contribution in [0.5, 0.6) is 0 Å². The van der Waals surface area contributed by atoms with Crippen LogP contribution in [0.3, 0.4) is 0 Å². The molecule has 0 aliphatic heterocycles. The smallest absolute Gasteiger partial charge is 0.0102 e. The fourth-order valence-corrected chi connectivity index (χ4v) is 2.01. The predicted molar refractivity (Wildman–Crippen MR) is 74.7 cm³/mol. The highest BCUT2D eigenvalue weighted by Crippen LogP contribution is 2.11. The molecule has 0 bridgehead atoms. The molecule has 0 aromatic carbocycles. The standard InChI is InChI=1S/C14H28S/c1-3-4-5-6-7-8-9-10-11-12-13-14(2)15/h3-13H2,1-2H3. The lowest BCUT2D eigenvalue weighted by Crippen LogP contribution is -1.86. The van der Waals surface area contributed by atoms with E-state index in [1.807, 2.05) is 0 Å². The SMILES string of the molecule is CCCCCCCCCCCCC(C)=S. The Balaban J connectivity index is 2.89. The first-order chi connectivity index (χ1) is 7.27. The van der Waals surface area contributed by atoms with Gasteiger partial charge in [0.15, 0.2) is 0 Å². The van der Waals surface area contributed by atoms with Crippen molar-refractivity contribution in [2.45, 2.75) is 84.5 Å². The normalized spacial score (nSPS) is 10.5. The molecule has 0 aliphatic rings. The Morgan fingerprint density at radius 3 is 1.53 bits per heavy atom. The van der Waals surface area contributed by atoms with Gasteiger partial charge < -0.3 is 0 Å². The van der Waals surface area contributed by atoms with Crippen LogP contribution >= 0.6 is 12.2 Å². The van der Waals surface area contributed by atoms with Crippen molar-refractivity contribution in [3.8, 4) is 0 Å². The van der Waals surface area contributed by atoms with E-state index < -0.39 is 0 Å². The molecule has 0 atom stereocenters. The molecule has 90 valence electrons. The van der Waals surface area contributed by atoms with E-state index in [2.05, 4.69) is 13.8 Å². The molecule has 0 N–H and O–H groups in total. The fourth-order valence-electron chi connectivity index (χ4n) is 1.86. The molecule has 0 rings (SSSR count). The minimum atomic E-state index is 1.16. The van der Waals surface area contributed by atoms with Crippen molar-refractivity contribution in [2.75, 3.05) is 0 Å². The van der Waals surface area contributed by atoms with Crippen LogP contribution in [-0.2, 0) is 0 Å². The summed E-state index contributed by atoms with van der Waals surface area (Å²) in [5.41, 5.74) is 0. The minimum Gasteiger partial charge on any atom is -0.0900 e. The maximum Gasteiger partial charge on any atom is -0.0102 e. The number of thiocarbonyl (C=S) groups is 1. The summed E-state index contributed by atoms with van der Waals surface area (Å²) in [5, 5.41) is 0. The first-order valence-corrected chi connectivity index (χ1v) is 7.17. The van der Waals surface area contributed by atoms with Gasteiger partial charge in [-0.15, -0.1) is 0 Å². The summed E-state index contributed by atoms with van der Waals surface area (Å²) >= 11 is 5.06. The van der Waals surface area contributed by atoms with Gasteiger partial charge >= 0.3 is 0 Å². The summed E-state index contributed by atoms with van der Waals surface area (Å²) in [6.45, 7) is 4.33. The minimum absolute atomic E-state index is 1.16. The van der Waals surface area contributed by atoms with Crippen LogP contribution in [0, 0.1) is 0 Å². The third-order valence-corrected chi connectivity index (χ3v) is 3.09. The molecule has 0 unspecified atom stereocenters. The Kier molecular flexibility index (Phi) is 12.2. The van der Waals surface area contributed by atoms with Crippen LogP contribution < -0.4 is 0 Å². The van der Waals surface area contributed by atoms with Crippen molar-refractivity contribution < 1.29 is 0 Å². The van der Waals surface area contributed by atoms with E-state index in [1.54, 1.807) is 0 Å². The Morgan fingerprint density at radius 2 is 1.13 bits per heavy atom. The van der Waals surface area contributed by atoms with Crippen molar-refractivity contribution >= 4 is 17.1 Å². The van der Waals surface area contributed by atoms with E-state index in [1.165, 1.54) is 69.1 Å². The van der Waals surface area contributed by atoms with E-state index >= 15 is 0 Å². The number of hydrogen-bond donors (Lipinski definition) is 0. The van der Waals surface area contributed by atoms with Gasteiger partial charge in [0, 0.05) is 0 Å². The lowest BCUT2D eigenvalue weighted by Gasteiger charge is -2.01. The van der Waals surface area contributed by atoms with Crippen LogP contribution in [0.1, 0.15) is 84.5 Å². The van der Waals surface area contributed by atoms with Gasteiger partial charge in [-0.1, -0.05) is 76.9 Å². The molecule has 0 fully saturated rings. The molecule has 0 aromatic heterocycles. The van der Waals surface area contributed by atoms with Crippen LogP contribution in [-0.4, -0.2) is 4.86 Å². The topological polar surface area (TPSA) is 0 Å². The van der Waals surface area contributed by atoms with E-state index in [9.17, 15) is 0 Å². The second-order valence-corrected chi connectivity index (χ2v) is 5.33. The highest BCUT2D eigenvalue weighted by Gasteiger charge is 1.93. The van der Waals surface area contributed by atoms with Crippen LogP contribution in [0.2, 0.25) is 0 Å². The monoisotopic (exact) mass is 228 g/mol. The van der Waals surface area contributed by atoms with Gasteiger partial charge in [-0.05, 0) is 24.6 Å². The van der Waals surface area contributed by atoms with Gasteiger partial charge in [-0.25, -0.2) is 0 Å². The molecular weight excluding hydrogens is 200 g/mol. The first-order valence-electron chi connectivity index (χ1n) is 6.76. The van der Waals surface area contributed by atoms with E-state index in [0.717, 1.165) is 6.42 Å². The largest absolute Gasteiger partial charge is 0.0900 e. The third kappa shape index (κ3) is 14.1. The fraction of sp³-hybridized carbons (Fsp3) is 0.929. The average molecular weight is 228 g/mol. The quantitative estimate of drug-likeness (QED) is 0.323. The third-order valence-electron chi connectivity index (χ3n) is 2.88. The second-order valence-electron chi connectivity index (χ2n) is 4.63. The number of rotatable bonds is 11. The zero-order chi connectivity index (χ0) is 11.4. The summed E-state index contributed by atoms with van der Waals surface area (Å²) in [4.78, 5) is 1.18. The summed E-state index contributed by atoms with van der Waals surface area (Å²) < 4.78 is 0. The first kappa shape index (κ1) is 15.1. The summed E-state index contributed by atoms with van der Waals surface area (Å²) in [7, 11) is 0. The van der Waals surface area contributed by atoms with Crippen LogP contribution in [0.25, 0.3) is 0 Å². The summed E-state index contributed by atoms with van der Waals surface area (Å²) in [5.74, 6) is 0. The molecule has 0 spiro atoms. The number of unbranched alkanes of at least 4 members (excludes halogenated alkanes) is 9. The van der Waals surface area contributed by atoms with E-state index in [0.29, 0.717) is 0 Å². The molecule has 0 saturated heterocycles. The second kappa shape index (κ2) is 12.2. The molecule has 0 aliphatic carbocycles. The molecule has 0 saturated carbocycles. The van der Waals surface area contributed by atoms with Gasteiger partial charge in [0.1, 0.15) is 0 Å². The molecular formula is C14H28S. The van der Waals surface area contributed by atoms with Crippen molar-refractivity contribution in [3.05, 3.63) is 0 Å². The lowest BCUT2D eigenvalue weighted by atomic mass is 10.1.